The van der Waals surface area contributed by atoms with Gasteiger partial charge in [-0.05, 0) is 29.5 Å². The first kappa shape index (κ1) is 12.9. The summed E-state index contributed by atoms with van der Waals surface area (Å²) in [5.41, 5.74) is 1.97. The molecule has 0 saturated heterocycles. The van der Waals surface area contributed by atoms with Gasteiger partial charge in [0.2, 0.25) is 9.84 Å². The third kappa shape index (κ3) is 2.62. The molecular formula is C16H20O2S. The highest BCUT2D eigenvalue weighted by atomic mass is 32.2. The van der Waals surface area contributed by atoms with Gasteiger partial charge in [-0.25, -0.2) is 8.42 Å². The first-order valence-corrected chi connectivity index (χ1v) is 8.76. The smallest absolute Gasteiger partial charge is 0.200 e. The molecule has 0 aromatic heterocycles. The maximum Gasteiger partial charge on any atom is 0.200 e. The average molecular weight is 276 g/mol. The molecule has 102 valence electrons. The third-order valence-electron chi connectivity index (χ3n) is 4.32. The molecule has 0 spiro atoms. The van der Waals surface area contributed by atoms with Crippen LogP contribution in [0.2, 0.25) is 0 Å². The summed E-state index contributed by atoms with van der Waals surface area (Å²) in [5, 5.41) is 1.50. The van der Waals surface area contributed by atoms with Gasteiger partial charge in [-0.1, -0.05) is 56.7 Å². The van der Waals surface area contributed by atoms with Gasteiger partial charge in [0.05, 0.1) is 4.90 Å². The molecule has 1 aromatic rings. The van der Waals surface area contributed by atoms with Crippen LogP contribution < -0.4 is 0 Å². The molecule has 1 aliphatic carbocycles. The van der Waals surface area contributed by atoms with Crippen LogP contribution in [0.15, 0.2) is 34.6 Å². The van der Waals surface area contributed by atoms with Crippen molar-refractivity contribution in [1.29, 1.82) is 0 Å². The van der Waals surface area contributed by atoms with Crippen LogP contribution in [-0.2, 0) is 9.84 Å². The zero-order valence-electron chi connectivity index (χ0n) is 11.1. The van der Waals surface area contributed by atoms with E-state index >= 15 is 0 Å². The third-order valence-corrected chi connectivity index (χ3v) is 5.88. The summed E-state index contributed by atoms with van der Waals surface area (Å²) >= 11 is 0. The van der Waals surface area contributed by atoms with Crippen molar-refractivity contribution in [2.75, 3.05) is 0 Å². The fourth-order valence-electron chi connectivity index (χ4n) is 3.33. The Morgan fingerprint density at radius 3 is 2.42 bits per heavy atom. The van der Waals surface area contributed by atoms with Crippen LogP contribution in [0, 0.1) is 5.92 Å². The molecule has 1 fully saturated rings. The SMILES string of the molecule is O=S1(=O)C=C(CC2CCCCCC2)c2ccccc21. The van der Waals surface area contributed by atoms with Gasteiger partial charge >= 0.3 is 0 Å². The van der Waals surface area contributed by atoms with Crippen LogP contribution in [0.5, 0.6) is 0 Å². The summed E-state index contributed by atoms with van der Waals surface area (Å²) in [7, 11) is -3.18. The fourth-order valence-corrected chi connectivity index (χ4v) is 4.83. The van der Waals surface area contributed by atoms with Gasteiger partial charge in [0.1, 0.15) is 0 Å². The predicted molar refractivity (Wildman–Crippen MR) is 77.4 cm³/mol. The van der Waals surface area contributed by atoms with E-state index in [9.17, 15) is 8.42 Å². The van der Waals surface area contributed by atoms with Gasteiger partial charge in [-0.3, -0.25) is 0 Å². The Morgan fingerprint density at radius 2 is 1.68 bits per heavy atom. The number of rotatable bonds is 2. The second-order valence-electron chi connectivity index (χ2n) is 5.75. The highest BCUT2D eigenvalue weighted by Gasteiger charge is 2.27. The van der Waals surface area contributed by atoms with Crippen LogP contribution in [0.3, 0.4) is 0 Å². The van der Waals surface area contributed by atoms with Crippen molar-refractivity contribution < 1.29 is 8.42 Å². The van der Waals surface area contributed by atoms with Crippen molar-refractivity contribution in [2.24, 2.45) is 5.92 Å². The van der Waals surface area contributed by atoms with Crippen LogP contribution in [0.4, 0.5) is 0 Å². The van der Waals surface area contributed by atoms with Gasteiger partial charge in [-0.15, -0.1) is 0 Å². The van der Waals surface area contributed by atoms with E-state index in [1.807, 2.05) is 12.1 Å². The Kier molecular flexibility index (Phi) is 3.48. The molecule has 0 radical (unpaired) electrons. The zero-order valence-corrected chi connectivity index (χ0v) is 12.0. The van der Waals surface area contributed by atoms with E-state index in [0.717, 1.165) is 17.6 Å². The normalized spacial score (nSPS) is 22.6. The Bertz CT molecular complexity index is 591. The Morgan fingerprint density at radius 1 is 1.00 bits per heavy atom. The minimum atomic E-state index is -3.18. The summed E-state index contributed by atoms with van der Waals surface area (Å²) in [5.74, 6) is 0.662. The minimum Gasteiger partial charge on any atom is -0.219 e. The molecule has 2 aliphatic rings. The topological polar surface area (TPSA) is 34.1 Å². The van der Waals surface area contributed by atoms with Crippen LogP contribution in [0.25, 0.3) is 5.57 Å². The first-order valence-electron chi connectivity index (χ1n) is 7.22. The molecule has 0 N–H and O–H groups in total. The lowest BCUT2D eigenvalue weighted by Gasteiger charge is -2.14. The molecule has 0 amide bonds. The molecule has 3 heteroatoms. The molecule has 19 heavy (non-hydrogen) atoms. The Labute approximate surface area is 115 Å². The van der Waals surface area contributed by atoms with Gasteiger partial charge in [0.15, 0.2) is 0 Å². The van der Waals surface area contributed by atoms with Crippen LogP contribution in [-0.4, -0.2) is 8.42 Å². The monoisotopic (exact) mass is 276 g/mol. The standard InChI is InChI=1S/C16H20O2S/c17-19(18)12-14(15-9-5-6-10-16(15)19)11-13-7-3-1-2-4-8-13/h5-6,9-10,12-13H,1-4,7-8,11H2. The van der Waals surface area contributed by atoms with E-state index < -0.39 is 9.84 Å². The summed E-state index contributed by atoms with van der Waals surface area (Å²) in [4.78, 5) is 0.499. The van der Waals surface area contributed by atoms with Crippen molar-refractivity contribution in [3.63, 3.8) is 0 Å². The van der Waals surface area contributed by atoms with E-state index in [0.29, 0.717) is 10.8 Å². The fraction of sp³-hybridized carbons (Fsp3) is 0.500. The van der Waals surface area contributed by atoms with E-state index in [1.165, 1.54) is 43.9 Å². The maximum atomic E-state index is 12.1. The quantitative estimate of drug-likeness (QED) is 0.759. The number of allylic oxidation sites excluding steroid dienone is 1. The van der Waals surface area contributed by atoms with Crippen molar-refractivity contribution >= 4 is 15.4 Å². The molecule has 0 atom stereocenters. The lowest BCUT2D eigenvalue weighted by Crippen LogP contribution is -1.99. The molecule has 1 saturated carbocycles. The lowest BCUT2D eigenvalue weighted by molar-refractivity contribution is 0.471. The molecule has 0 unspecified atom stereocenters. The minimum absolute atomic E-state index is 0.499. The van der Waals surface area contributed by atoms with Crippen molar-refractivity contribution in [1.82, 2.24) is 0 Å². The van der Waals surface area contributed by atoms with Gasteiger partial charge < -0.3 is 0 Å². The highest BCUT2D eigenvalue weighted by Crippen LogP contribution is 2.39. The van der Waals surface area contributed by atoms with Gasteiger partial charge in [0, 0.05) is 5.41 Å². The lowest BCUT2D eigenvalue weighted by atomic mass is 9.90. The van der Waals surface area contributed by atoms with Crippen LogP contribution >= 0.6 is 0 Å². The number of sulfone groups is 1. The van der Waals surface area contributed by atoms with E-state index in [2.05, 4.69) is 0 Å². The zero-order chi connectivity index (χ0) is 13.3. The first-order chi connectivity index (χ1) is 9.17. The molecule has 1 aliphatic heterocycles. The van der Waals surface area contributed by atoms with Crippen molar-refractivity contribution in [2.45, 2.75) is 49.8 Å². The summed E-state index contributed by atoms with van der Waals surface area (Å²) < 4.78 is 24.2. The summed E-state index contributed by atoms with van der Waals surface area (Å²) in [6, 6.07) is 7.41. The number of hydrogen-bond acceptors (Lipinski definition) is 2. The summed E-state index contributed by atoms with van der Waals surface area (Å²) in [6.45, 7) is 0. The second kappa shape index (κ2) is 5.12. The number of benzene rings is 1. The summed E-state index contributed by atoms with van der Waals surface area (Å²) in [6.07, 6.45) is 8.70. The Balaban J connectivity index is 1.86. The average Bonchev–Trinajstić information content (AvgIpc) is 2.59. The number of fused-ring (bicyclic) bond motifs is 1. The highest BCUT2D eigenvalue weighted by molar-refractivity contribution is 7.95. The van der Waals surface area contributed by atoms with Crippen molar-refractivity contribution in [3.8, 4) is 0 Å². The van der Waals surface area contributed by atoms with E-state index in [1.54, 1.807) is 12.1 Å². The molecule has 2 nitrogen and oxygen atoms in total. The molecule has 1 heterocycles. The van der Waals surface area contributed by atoms with E-state index in [4.69, 9.17) is 0 Å². The number of hydrogen-bond donors (Lipinski definition) is 0. The molecule has 3 rings (SSSR count). The van der Waals surface area contributed by atoms with Gasteiger partial charge in [0.25, 0.3) is 0 Å². The largest absolute Gasteiger partial charge is 0.219 e. The van der Waals surface area contributed by atoms with Gasteiger partial charge in [-0.2, -0.15) is 0 Å². The van der Waals surface area contributed by atoms with Crippen molar-refractivity contribution in [3.05, 3.63) is 35.2 Å². The molecule has 1 aromatic carbocycles. The Hall–Kier alpha value is -1.09. The molecule has 0 bridgehead atoms. The van der Waals surface area contributed by atoms with E-state index in [-0.39, 0.29) is 0 Å². The maximum absolute atomic E-state index is 12.1. The second-order valence-corrected chi connectivity index (χ2v) is 7.51. The van der Waals surface area contributed by atoms with Crippen LogP contribution in [0.1, 0.15) is 50.5 Å². The molecular weight excluding hydrogens is 256 g/mol. The predicted octanol–water partition coefficient (Wildman–Crippen LogP) is 4.18.